The molecule has 2 aromatic carbocycles. The van der Waals surface area contributed by atoms with Crippen molar-refractivity contribution in [3.05, 3.63) is 64.2 Å². The van der Waals surface area contributed by atoms with Crippen molar-refractivity contribution in [3.63, 3.8) is 0 Å². The summed E-state index contributed by atoms with van der Waals surface area (Å²) in [6.45, 7) is 0.0681. The molecule has 96 valence electrons. The Morgan fingerprint density at radius 1 is 1.11 bits per heavy atom. The topological polar surface area (TPSA) is 35.8 Å². The number of hydrogen-bond acceptors (Lipinski definition) is 2. The van der Waals surface area contributed by atoms with Gasteiger partial charge in [-0.25, -0.2) is 8.78 Å². The summed E-state index contributed by atoms with van der Waals surface area (Å²) in [7, 11) is 0. The summed E-state index contributed by atoms with van der Waals surface area (Å²) in [5, 5.41) is 11.9. The zero-order chi connectivity index (χ0) is 13.8. The van der Waals surface area contributed by atoms with Crippen molar-refractivity contribution >= 4 is 17.3 Å². The SMILES string of the molecule is N#Cc1ccc(F)c(CNc2cc(Cl)ccc2F)c1. The lowest BCUT2D eigenvalue weighted by molar-refractivity contribution is 0.610. The number of halogens is 3. The van der Waals surface area contributed by atoms with Crippen molar-refractivity contribution < 1.29 is 8.78 Å². The van der Waals surface area contributed by atoms with Crippen LogP contribution in [0.1, 0.15) is 11.1 Å². The van der Waals surface area contributed by atoms with Crippen LogP contribution in [0.15, 0.2) is 36.4 Å². The highest BCUT2D eigenvalue weighted by Crippen LogP contribution is 2.21. The molecule has 0 aliphatic carbocycles. The van der Waals surface area contributed by atoms with E-state index in [1.54, 1.807) is 0 Å². The third-order valence-electron chi connectivity index (χ3n) is 2.57. The summed E-state index contributed by atoms with van der Waals surface area (Å²) < 4.78 is 27.0. The fourth-order valence-electron chi connectivity index (χ4n) is 1.60. The van der Waals surface area contributed by atoms with Gasteiger partial charge >= 0.3 is 0 Å². The highest BCUT2D eigenvalue weighted by atomic mass is 35.5. The molecule has 2 aromatic rings. The van der Waals surface area contributed by atoms with Gasteiger partial charge < -0.3 is 5.32 Å². The minimum absolute atomic E-state index is 0.0681. The summed E-state index contributed by atoms with van der Waals surface area (Å²) in [4.78, 5) is 0. The molecule has 0 radical (unpaired) electrons. The zero-order valence-corrected chi connectivity index (χ0v) is 10.5. The Balaban J connectivity index is 2.19. The fourth-order valence-corrected chi connectivity index (χ4v) is 1.78. The molecule has 0 spiro atoms. The van der Waals surface area contributed by atoms with E-state index in [1.807, 2.05) is 6.07 Å². The molecule has 0 amide bonds. The lowest BCUT2D eigenvalue weighted by Crippen LogP contribution is -2.04. The van der Waals surface area contributed by atoms with E-state index in [0.717, 1.165) is 0 Å². The molecule has 0 aliphatic heterocycles. The van der Waals surface area contributed by atoms with Crippen LogP contribution in [-0.4, -0.2) is 0 Å². The predicted molar refractivity (Wildman–Crippen MR) is 69.9 cm³/mol. The van der Waals surface area contributed by atoms with Gasteiger partial charge in [-0.15, -0.1) is 0 Å². The van der Waals surface area contributed by atoms with Crippen LogP contribution in [0.3, 0.4) is 0 Å². The molecule has 0 aliphatic rings. The van der Waals surface area contributed by atoms with Crippen molar-refractivity contribution in [1.82, 2.24) is 0 Å². The molecule has 0 aromatic heterocycles. The lowest BCUT2D eigenvalue weighted by atomic mass is 10.1. The molecule has 0 saturated carbocycles. The Morgan fingerprint density at radius 2 is 1.84 bits per heavy atom. The minimum atomic E-state index is -0.471. The first kappa shape index (κ1) is 13.3. The Labute approximate surface area is 114 Å². The smallest absolute Gasteiger partial charge is 0.146 e. The summed E-state index contributed by atoms with van der Waals surface area (Å²) in [6.07, 6.45) is 0. The number of anilines is 1. The lowest BCUT2D eigenvalue weighted by Gasteiger charge is -2.09. The van der Waals surface area contributed by atoms with Crippen LogP contribution in [0.25, 0.3) is 0 Å². The number of hydrogen-bond donors (Lipinski definition) is 1. The van der Waals surface area contributed by atoms with Gasteiger partial charge in [0.1, 0.15) is 11.6 Å². The molecule has 0 atom stereocenters. The van der Waals surface area contributed by atoms with Gasteiger partial charge in [0.15, 0.2) is 0 Å². The maximum Gasteiger partial charge on any atom is 0.146 e. The normalized spacial score (nSPS) is 10.0. The fraction of sp³-hybridized carbons (Fsp3) is 0.0714. The van der Waals surface area contributed by atoms with E-state index in [9.17, 15) is 8.78 Å². The van der Waals surface area contributed by atoms with Gasteiger partial charge in [-0.05, 0) is 36.4 Å². The van der Waals surface area contributed by atoms with E-state index in [0.29, 0.717) is 16.1 Å². The first-order chi connectivity index (χ1) is 9.10. The number of nitriles is 1. The van der Waals surface area contributed by atoms with Crippen molar-refractivity contribution in [3.8, 4) is 6.07 Å². The highest BCUT2D eigenvalue weighted by Gasteiger charge is 2.06. The zero-order valence-electron chi connectivity index (χ0n) is 9.75. The molecule has 5 heteroatoms. The Bertz CT molecular complexity index is 650. The van der Waals surface area contributed by atoms with E-state index in [2.05, 4.69) is 5.32 Å². The number of nitrogens with zero attached hydrogens (tertiary/aromatic N) is 1. The van der Waals surface area contributed by atoms with Crippen LogP contribution < -0.4 is 5.32 Å². The van der Waals surface area contributed by atoms with E-state index >= 15 is 0 Å². The van der Waals surface area contributed by atoms with Gasteiger partial charge in [0.25, 0.3) is 0 Å². The van der Waals surface area contributed by atoms with Crippen LogP contribution >= 0.6 is 11.6 Å². The van der Waals surface area contributed by atoms with E-state index < -0.39 is 11.6 Å². The van der Waals surface area contributed by atoms with E-state index in [1.165, 1.54) is 36.4 Å². The van der Waals surface area contributed by atoms with Crippen molar-refractivity contribution in [2.45, 2.75) is 6.54 Å². The first-order valence-corrected chi connectivity index (χ1v) is 5.85. The number of benzene rings is 2. The van der Waals surface area contributed by atoms with E-state index in [4.69, 9.17) is 16.9 Å². The third-order valence-corrected chi connectivity index (χ3v) is 2.81. The standard InChI is InChI=1S/C14H9ClF2N2/c15-11-2-4-13(17)14(6-11)19-8-10-5-9(7-18)1-3-12(10)16/h1-6,19H,8H2. The molecule has 0 bridgehead atoms. The summed E-state index contributed by atoms with van der Waals surface area (Å²) in [5.41, 5.74) is 0.831. The first-order valence-electron chi connectivity index (χ1n) is 5.47. The molecular formula is C14H9ClF2N2. The van der Waals surface area contributed by atoms with Gasteiger partial charge in [-0.3, -0.25) is 0 Å². The Kier molecular flexibility index (Phi) is 3.98. The number of rotatable bonds is 3. The van der Waals surface area contributed by atoms with Crippen LogP contribution in [0.2, 0.25) is 5.02 Å². The van der Waals surface area contributed by atoms with Crippen molar-refractivity contribution in [2.75, 3.05) is 5.32 Å². The maximum atomic E-state index is 13.5. The molecule has 0 heterocycles. The summed E-state index contributed by atoms with van der Waals surface area (Å²) >= 11 is 5.75. The summed E-state index contributed by atoms with van der Waals surface area (Å²) in [5.74, 6) is -0.921. The van der Waals surface area contributed by atoms with Gasteiger partial charge in [-0.1, -0.05) is 11.6 Å². The largest absolute Gasteiger partial charge is 0.378 e. The van der Waals surface area contributed by atoms with E-state index in [-0.39, 0.29) is 12.2 Å². The molecular weight excluding hydrogens is 270 g/mol. The van der Waals surface area contributed by atoms with Crippen molar-refractivity contribution in [1.29, 1.82) is 5.26 Å². The second kappa shape index (κ2) is 5.68. The molecule has 0 fully saturated rings. The predicted octanol–water partition coefficient (Wildman–Crippen LogP) is 4.10. The molecule has 1 N–H and O–H groups in total. The average molecular weight is 279 g/mol. The van der Waals surface area contributed by atoms with Crippen molar-refractivity contribution in [2.24, 2.45) is 0 Å². The van der Waals surface area contributed by atoms with Crippen LogP contribution in [-0.2, 0) is 6.54 Å². The van der Waals surface area contributed by atoms with Gasteiger partial charge in [0, 0.05) is 17.1 Å². The summed E-state index contributed by atoms with van der Waals surface area (Å²) in [6, 6.07) is 10.0. The van der Waals surface area contributed by atoms with Crippen LogP contribution in [0, 0.1) is 23.0 Å². The van der Waals surface area contributed by atoms with Crippen LogP contribution in [0.5, 0.6) is 0 Å². The molecule has 0 unspecified atom stereocenters. The second-order valence-corrected chi connectivity index (χ2v) is 4.33. The molecule has 2 nitrogen and oxygen atoms in total. The molecule has 19 heavy (non-hydrogen) atoms. The quantitative estimate of drug-likeness (QED) is 0.917. The minimum Gasteiger partial charge on any atom is -0.378 e. The second-order valence-electron chi connectivity index (χ2n) is 3.90. The Morgan fingerprint density at radius 3 is 2.58 bits per heavy atom. The third kappa shape index (κ3) is 3.21. The van der Waals surface area contributed by atoms with Crippen LogP contribution in [0.4, 0.5) is 14.5 Å². The molecule has 2 rings (SSSR count). The maximum absolute atomic E-state index is 13.5. The number of nitrogens with one attached hydrogen (secondary N) is 1. The molecule has 0 saturated heterocycles. The van der Waals surface area contributed by atoms with Gasteiger partial charge in [0.2, 0.25) is 0 Å². The average Bonchev–Trinajstić information content (AvgIpc) is 2.41. The Hall–Kier alpha value is -2.12. The van der Waals surface area contributed by atoms with Gasteiger partial charge in [-0.2, -0.15) is 5.26 Å². The van der Waals surface area contributed by atoms with Gasteiger partial charge in [0.05, 0.1) is 17.3 Å². The highest BCUT2D eigenvalue weighted by molar-refractivity contribution is 6.30. The monoisotopic (exact) mass is 278 g/mol.